The molecule has 2 rings (SSSR count). The van der Waals surface area contributed by atoms with Gasteiger partial charge in [-0.15, -0.1) is 0 Å². The van der Waals surface area contributed by atoms with Crippen LogP contribution in [-0.2, 0) is 9.53 Å². The maximum atomic E-state index is 12.2. The lowest BCUT2D eigenvalue weighted by molar-refractivity contribution is -0.129. The number of aromatic nitrogens is 1. The van der Waals surface area contributed by atoms with Gasteiger partial charge < -0.3 is 24.6 Å². The van der Waals surface area contributed by atoms with Crippen LogP contribution < -0.4 is 10.1 Å². The number of methoxy groups -OCH3 is 1. The second-order valence-corrected chi connectivity index (χ2v) is 5.33. The van der Waals surface area contributed by atoms with Crippen molar-refractivity contribution >= 4 is 17.6 Å². The van der Waals surface area contributed by atoms with Crippen molar-refractivity contribution in [2.45, 2.75) is 12.5 Å². The van der Waals surface area contributed by atoms with Gasteiger partial charge in [-0.3, -0.25) is 4.79 Å². The van der Waals surface area contributed by atoms with Crippen molar-refractivity contribution in [2.75, 3.05) is 46.3 Å². The average molecular weight is 322 g/mol. The van der Waals surface area contributed by atoms with Gasteiger partial charge >= 0.3 is 6.03 Å². The first-order valence-electron chi connectivity index (χ1n) is 7.39. The zero-order valence-electron chi connectivity index (χ0n) is 13.6. The van der Waals surface area contributed by atoms with Crippen molar-refractivity contribution in [3.05, 3.63) is 18.3 Å². The highest BCUT2D eigenvalue weighted by atomic mass is 16.5. The number of pyridine rings is 1. The van der Waals surface area contributed by atoms with Crippen molar-refractivity contribution in [3.63, 3.8) is 0 Å². The normalized spacial score (nSPS) is 17.3. The second kappa shape index (κ2) is 7.77. The number of hydrogen-bond acceptors (Lipinski definition) is 5. The molecule has 1 aromatic rings. The minimum Gasteiger partial charge on any atom is -0.475 e. The number of likely N-dealkylation sites (tertiary alicyclic amines) is 1. The van der Waals surface area contributed by atoms with E-state index in [-0.39, 0.29) is 11.9 Å². The highest BCUT2D eigenvalue weighted by Gasteiger charge is 2.34. The summed E-state index contributed by atoms with van der Waals surface area (Å²) in [6, 6.07) is 2.61. The Labute approximate surface area is 135 Å². The molecule has 0 radical (unpaired) electrons. The number of likely N-dealkylation sites (N-methyl/N-ethyl adjacent to an activating group) is 2. The summed E-state index contributed by atoms with van der Waals surface area (Å²) in [5, 5.41) is 2.72. The molecule has 0 saturated carbocycles. The highest BCUT2D eigenvalue weighted by molar-refractivity contribution is 5.94. The fourth-order valence-corrected chi connectivity index (χ4v) is 2.29. The first-order valence-corrected chi connectivity index (χ1v) is 7.39. The fraction of sp³-hybridized carbons (Fsp3) is 0.533. The van der Waals surface area contributed by atoms with E-state index >= 15 is 0 Å². The minimum atomic E-state index is -0.412. The number of nitrogens with zero attached hydrogens (tertiary/aromatic N) is 3. The molecule has 8 heteroatoms. The molecule has 0 aliphatic carbocycles. The maximum Gasteiger partial charge on any atom is 0.322 e. The van der Waals surface area contributed by atoms with Gasteiger partial charge in [0.1, 0.15) is 12.6 Å². The van der Waals surface area contributed by atoms with E-state index in [0.29, 0.717) is 37.7 Å². The van der Waals surface area contributed by atoms with Crippen LogP contribution in [0, 0.1) is 0 Å². The Hall–Kier alpha value is -2.35. The van der Waals surface area contributed by atoms with Gasteiger partial charge in [-0.1, -0.05) is 0 Å². The number of hydrogen-bond donors (Lipinski definition) is 1. The van der Waals surface area contributed by atoms with E-state index < -0.39 is 6.04 Å². The molecule has 1 saturated heterocycles. The smallest absolute Gasteiger partial charge is 0.322 e. The summed E-state index contributed by atoms with van der Waals surface area (Å²) in [5.74, 6) is 0.420. The Morgan fingerprint density at radius 1 is 1.48 bits per heavy atom. The van der Waals surface area contributed by atoms with Crippen LogP contribution in [0.1, 0.15) is 6.42 Å². The lowest BCUT2D eigenvalue weighted by atomic mass is 10.2. The van der Waals surface area contributed by atoms with Crippen molar-refractivity contribution in [2.24, 2.45) is 0 Å². The molecule has 23 heavy (non-hydrogen) atoms. The third-order valence-electron chi connectivity index (χ3n) is 3.71. The Morgan fingerprint density at radius 2 is 2.26 bits per heavy atom. The van der Waals surface area contributed by atoms with E-state index in [1.54, 1.807) is 38.2 Å². The SMILES string of the molecule is COCCOc1ccc(NC(=O)N(C)C2CCN(C)C2=O)cn1. The standard InChI is InChI=1S/C15H22N4O4/c1-18-7-6-12(14(18)20)19(2)15(21)17-11-4-5-13(16-10-11)23-9-8-22-3/h4-5,10,12H,6-9H2,1-3H3,(H,17,21). The van der Waals surface area contributed by atoms with Gasteiger partial charge in [0, 0.05) is 33.8 Å². The molecule has 0 aromatic carbocycles. The Morgan fingerprint density at radius 3 is 2.83 bits per heavy atom. The van der Waals surface area contributed by atoms with E-state index in [9.17, 15) is 9.59 Å². The molecule has 2 heterocycles. The zero-order valence-corrected chi connectivity index (χ0v) is 13.6. The van der Waals surface area contributed by atoms with Gasteiger partial charge in [0.2, 0.25) is 11.8 Å². The fourth-order valence-electron chi connectivity index (χ4n) is 2.29. The molecule has 3 amide bonds. The molecule has 0 bridgehead atoms. The van der Waals surface area contributed by atoms with Crippen LogP contribution in [0.2, 0.25) is 0 Å². The third-order valence-corrected chi connectivity index (χ3v) is 3.71. The van der Waals surface area contributed by atoms with E-state index in [2.05, 4.69) is 10.3 Å². The zero-order chi connectivity index (χ0) is 16.8. The van der Waals surface area contributed by atoms with E-state index in [4.69, 9.17) is 9.47 Å². The summed E-state index contributed by atoms with van der Waals surface area (Å²) in [6.45, 7) is 1.56. The van der Waals surface area contributed by atoms with Crippen molar-refractivity contribution in [1.82, 2.24) is 14.8 Å². The Kier molecular flexibility index (Phi) is 5.75. The summed E-state index contributed by atoms with van der Waals surface area (Å²) < 4.78 is 10.2. The number of carbonyl (C=O) groups is 2. The Balaban J connectivity index is 1.88. The lowest BCUT2D eigenvalue weighted by Crippen LogP contribution is -2.44. The maximum absolute atomic E-state index is 12.2. The molecule has 1 N–H and O–H groups in total. The molecule has 1 aromatic heterocycles. The summed E-state index contributed by atoms with van der Waals surface area (Å²) in [6.07, 6.45) is 2.15. The molecular formula is C15H22N4O4. The van der Waals surface area contributed by atoms with Gasteiger partial charge in [0.25, 0.3) is 0 Å². The summed E-state index contributed by atoms with van der Waals surface area (Å²) >= 11 is 0. The highest BCUT2D eigenvalue weighted by Crippen LogP contribution is 2.17. The van der Waals surface area contributed by atoms with Crippen LogP contribution in [0.5, 0.6) is 5.88 Å². The molecule has 126 valence electrons. The topological polar surface area (TPSA) is 84.0 Å². The quantitative estimate of drug-likeness (QED) is 0.783. The molecule has 0 spiro atoms. The molecule has 1 fully saturated rings. The molecule has 1 aliphatic heterocycles. The predicted molar refractivity (Wildman–Crippen MR) is 84.4 cm³/mol. The van der Waals surface area contributed by atoms with Crippen LogP contribution in [0.25, 0.3) is 0 Å². The molecule has 1 aliphatic rings. The van der Waals surface area contributed by atoms with Crippen LogP contribution in [-0.4, -0.2) is 73.7 Å². The first-order chi connectivity index (χ1) is 11.0. The Bertz CT molecular complexity index is 549. The number of rotatable bonds is 6. The average Bonchev–Trinajstić information content (AvgIpc) is 2.88. The molecule has 1 unspecified atom stereocenters. The number of urea groups is 1. The van der Waals surface area contributed by atoms with Crippen molar-refractivity contribution in [3.8, 4) is 5.88 Å². The molecule has 8 nitrogen and oxygen atoms in total. The van der Waals surface area contributed by atoms with Crippen LogP contribution in [0.15, 0.2) is 18.3 Å². The van der Waals surface area contributed by atoms with E-state index in [1.165, 1.54) is 11.1 Å². The van der Waals surface area contributed by atoms with Gasteiger partial charge in [0.05, 0.1) is 18.5 Å². The summed E-state index contributed by atoms with van der Waals surface area (Å²) in [5.41, 5.74) is 0.541. The number of nitrogens with one attached hydrogen (secondary N) is 1. The number of amides is 3. The van der Waals surface area contributed by atoms with Crippen LogP contribution in [0.3, 0.4) is 0 Å². The minimum absolute atomic E-state index is 0.0392. The van der Waals surface area contributed by atoms with Crippen LogP contribution >= 0.6 is 0 Å². The first kappa shape index (κ1) is 17.0. The van der Waals surface area contributed by atoms with Gasteiger partial charge in [0.15, 0.2) is 0 Å². The molecular weight excluding hydrogens is 300 g/mol. The van der Waals surface area contributed by atoms with Gasteiger partial charge in [-0.25, -0.2) is 9.78 Å². The van der Waals surface area contributed by atoms with Crippen LogP contribution in [0.4, 0.5) is 10.5 Å². The van der Waals surface area contributed by atoms with Crippen molar-refractivity contribution in [1.29, 1.82) is 0 Å². The number of carbonyl (C=O) groups excluding carboxylic acids is 2. The van der Waals surface area contributed by atoms with Crippen molar-refractivity contribution < 1.29 is 19.1 Å². The van der Waals surface area contributed by atoms with Gasteiger partial charge in [-0.05, 0) is 12.5 Å². The number of anilines is 1. The third kappa shape index (κ3) is 4.32. The van der Waals surface area contributed by atoms with E-state index in [1.807, 2.05) is 0 Å². The van der Waals surface area contributed by atoms with E-state index in [0.717, 1.165) is 0 Å². The largest absolute Gasteiger partial charge is 0.475 e. The molecule has 1 atom stereocenters. The second-order valence-electron chi connectivity index (χ2n) is 5.33. The number of ether oxygens (including phenoxy) is 2. The lowest BCUT2D eigenvalue weighted by Gasteiger charge is -2.23. The summed E-state index contributed by atoms with van der Waals surface area (Å²) in [4.78, 5) is 31.3. The summed E-state index contributed by atoms with van der Waals surface area (Å²) in [7, 11) is 4.95. The monoisotopic (exact) mass is 322 g/mol. The predicted octanol–water partition coefficient (Wildman–Crippen LogP) is 0.801. The van der Waals surface area contributed by atoms with Gasteiger partial charge in [-0.2, -0.15) is 0 Å².